The Hall–Kier alpha value is -1.82. The van der Waals surface area contributed by atoms with E-state index in [2.05, 4.69) is 22.4 Å². The molecule has 112 valence electrons. The predicted molar refractivity (Wildman–Crippen MR) is 82.6 cm³/mol. The Balaban J connectivity index is 2.06. The van der Waals surface area contributed by atoms with Crippen LogP contribution in [0, 0.1) is 0 Å². The summed E-state index contributed by atoms with van der Waals surface area (Å²) in [6.45, 7) is 4.75. The number of rotatable bonds is 6. The van der Waals surface area contributed by atoms with Crippen LogP contribution in [-0.4, -0.2) is 33.8 Å². The van der Waals surface area contributed by atoms with Gasteiger partial charge in [0.2, 0.25) is 0 Å². The first kappa shape index (κ1) is 15.6. The molecule has 0 atom stereocenters. The van der Waals surface area contributed by atoms with Crippen molar-refractivity contribution >= 4 is 17.7 Å². The van der Waals surface area contributed by atoms with Gasteiger partial charge in [-0.15, -0.1) is 16.9 Å². The van der Waals surface area contributed by atoms with Crippen molar-refractivity contribution in [3.05, 3.63) is 41.7 Å². The molecule has 5 nitrogen and oxygen atoms in total. The van der Waals surface area contributed by atoms with Gasteiger partial charge in [-0.25, -0.2) is 9.48 Å². The molecule has 1 aromatic carbocycles. The minimum atomic E-state index is -0.430. The van der Waals surface area contributed by atoms with Crippen LogP contribution in [0.15, 0.2) is 35.2 Å². The van der Waals surface area contributed by atoms with Crippen molar-refractivity contribution in [3.8, 4) is 0 Å². The molecule has 0 aliphatic carbocycles. The van der Waals surface area contributed by atoms with Gasteiger partial charge < -0.3 is 4.74 Å². The number of nitrogens with zero attached hydrogens (tertiary/aromatic N) is 3. The fraction of sp³-hybridized carbons (Fsp3) is 0.400. The SMILES string of the molecule is COC(=O)c1nnn(CCSc2ccccc2)c1C(C)C. The fourth-order valence-corrected chi connectivity index (χ4v) is 2.92. The average molecular weight is 305 g/mol. The highest BCUT2D eigenvalue weighted by Gasteiger charge is 2.22. The monoisotopic (exact) mass is 305 g/mol. The largest absolute Gasteiger partial charge is 0.464 e. The van der Waals surface area contributed by atoms with Crippen LogP contribution in [0.5, 0.6) is 0 Å². The number of hydrogen-bond acceptors (Lipinski definition) is 5. The first-order valence-electron chi connectivity index (χ1n) is 6.83. The first-order chi connectivity index (χ1) is 10.1. The van der Waals surface area contributed by atoms with Crippen molar-refractivity contribution < 1.29 is 9.53 Å². The number of benzene rings is 1. The van der Waals surface area contributed by atoms with Crippen molar-refractivity contribution in [1.29, 1.82) is 0 Å². The number of thioether (sulfide) groups is 1. The Bertz CT molecular complexity index is 596. The van der Waals surface area contributed by atoms with Crippen LogP contribution in [-0.2, 0) is 11.3 Å². The van der Waals surface area contributed by atoms with Gasteiger partial charge in [0.25, 0.3) is 0 Å². The molecule has 0 fully saturated rings. The Kier molecular flexibility index (Phi) is 5.38. The summed E-state index contributed by atoms with van der Waals surface area (Å²) in [5.41, 5.74) is 1.15. The summed E-state index contributed by atoms with van der Waals surface area (Å²) in [7, 11) is 1.36. The van der Waals surface area contributed by atoms with Crippen LogP contribution in [0.1, 0.15) is 35.9 Å². The minimum Gasteiger partial charge on any atom is -0.464 e. The molecule has 0 amide bonds. The van der Waals surface area contributed by atoms with Crippen molar-refractivity contribution in [2.45, 2.75) is 31.2 Å². The molecule has 21 heavy (non-hydrogen) atoms. The molecule has 6 heteroatoms. The maximum absolute atomic E-state index is 11.7. The molecule has 2 rings (SSSR count). The number of methoxy groups -OCH3 is 1. The molecule has 0 aliphatic rings. The highest BCUT2D eigenvalue weighted by atomic mass is 32.2. The highest BCUT2D eigenvalue weighted by molar-refractivity contribution is 7.99. The summed E-state index contributed by atoms with van der Waals surface area (Å²) in [6, 6.07) is 10.2. The van der Waals surface area contributed by atoms with Crippen molar-refractivity contribution in [1.82, 2.24) is 15.0 Å². The quantitative estimate of drug-likeness (QED) is 0.606. The van der Waals surface area contributed by atoms with Gasteiger partial charge in [-0.05, 0) is 18.1 Å². The van der Waals surface area contributed by atoms with E-state index in [1.165, 1.54) is 12.0 Å². The Labute approximate surface area is 128 Å². The van der Waals surface area contributed by atoms with Gasteiger partial charge in [-0.3, -0.25) is 0 Å². The van der Waals surface area contributed by atoms with Crippen LogP contribution < -0.4 is 0 Å². The zero-order valence-corrected chi connectivity index (χ0v) is 13.3. The molecule has 0 N–H and O–H groups in total. The van der Waals surface area contributed by atoms with Crippen LogP contribution in [0.25, 0.3) is 0 Å². The molecule has 1 aromatic heterocycles. The first-order valence-corrected chi connectivity index (χ1v) is 7.81. The fourth-order valence-electron chi connectivity index (χ4n) is 2.07. The maximum Gasteiger partial charge on any atom is 0.360 e. The van der Waals surface area contributed by atoms with Crippen molar-refractivity contribution in [2.75, 3.05) is 12.9 Å². The lowest BCUT2D eigenvalue weighted by Crippen LogP contribution is -2.12. The highest BCUT2D eigenvalue weighted by Crippen LogP contribution is 2.21. The Morgan fingerprint density at radius 1 is 1.33 bits per heavy atom. The summed E-state index contributed by atoms with van der Waals surface area (Å²) < 4.78 is 6.55. The van der Waals surface area contributed by atoms with Gasteiger partial charge >= 0.3 is 5.97 Å². The lowest BCUT2D eigenvalue weighted by Gasteiger charge is -2.10. The van der Waals surface area contributed by atoms with Gasteiger partial charge in [-0.2, -0.15) is 0 Å². The second kappa shape index (κ2) is 7.26. The van der Waals surface area contributed by atoms with E-state index in [4.69, 9.17) is 4.74 Å². The van der Waals surface area contributed by atoms with Gasteiger partial charge in [-0.1, -0.05) is 37.3 Å². The Morgan fingerprint density at radius 2 is 2.05 bits per heavy atom. The normalized spacial score (nSPS) is 10.9. The zero-order chi connectivity index (χ0) is 15.2. The summed E-state index contributed by atoms with van der Waals surface area (Å²) in [4.78, 5) is 12.9. The number of esters is 1. The maximum atomic E-state index is 11.7. The van der Waals surface area contributed by atoms with E-state index in [0.29, 0.717) is 12.2 Å². The zero-order valence-electron chi connectivity index (χ0n) is 12.4. The lowest BCUT2D eigenvalue weighted by molar-refractivity contribution is 0.0592. The molecule has 0 saturated heterocycles. The second-order valence-electron chi connectivity index (χ2n) is 4.85. The third-order valence-corrected chi connectivity index (χ3v) is 4.01. The van der Waals surface area contributed by atoms with E-state index >= 15 is 0 Å². The molecule has 2 aromatic rings. The minimum absolute atomic E-state index is 0.163. The molecular weight excluding hydrogens is 286 g/mol. The number of ether oxygens (including phenoxy) is 1. The number of hydrogen-bond donors (Lipinski definition) is 0. The molecule has 0 unspecified atom stereocenters. The van der Waals surface area contributed by atoms with Crippen LogP contribution >= 0.6 is 11.8 Å². The third-order valence-electron chi connectivity index (χ3n) is 3.01. The van der Waals surface area contributed by atoms with Gasteiger partial charge in [0.05, 0.1) is 19.3 Å². The predicted octanol–water partition coefficient (Wildman–Crippen LogP) is 2.98. The van der Waals surface area contributed by atoms with Crippen LogP contribution in [0.3, 0.4) is 0 Å². The summed E-state index contributed by atoms with van der Waals surface area (Å²) in [6.07, 6.45) is 0. The van der Waals surface area contributed by atoms with E-state index in [9.17, 15) is 4.79 Å². The number of aryl methyl sites for hydroxylation is 1. The lowest BCUT2D eigenvalue weighted by atomic mass is 10.1. The Morgan fingerprint density at radius 3 is 2.67 bits per heavy atom. The number of aromatic nitrogens is 3. The number of carbonyl (C=O) groups excluding carboxylic acids is 1. The average Bonchev–Trinajstić information content (AvgIpc) is 2.91. The topological polar surface area (TPSA) is 57.0 Å². The van der Waals surface area contributed by atoms with Gasteiger partial charge in [0.15, 0.2) is 5.69 Å². The molecule has 0 radical (unpaired) electrons. The standard InChI is InChI=1S/C15H19N3O2S/c1-11(2)14-13(15(19)20-3)16-17-18(14)9-10-21-12-7-5-4-6-8-12/h4-8,11H,9-10H2,1-3H3. The van der Waals surface area contributed by atoms with Gasteiger partial charge in [0, 0.05) is 10.6 Å². The molecular formula is C15H19N3O2S. The summed E-state index contributed by atoms with van der Waals surface area (Å²) in [5.74, 6) is 0.602. The van der Waals surface area contributed by atoms with Gasteiger partial charge in [0.1, 0.15) is 0 Å². The molecule has 0 bridgehead atoms. The van der Waals surface area contributed by atoms with E-state index in [1.54, 1.807) is 16.4 Å². The third kappa shape index (κ3) is 3.85. The second-order valence-corrected chi connectivity index (χ2v) is 6.02. The molecule has 0 spiro atoms. The van der Waals surface area contributed by atoms with E-state index in [-0.39, 0.29) is 5.92 Å². The van der Waals surface area contributed by atoms with E-state index < -0.39 is 5.97 Å². The van der Waals surface area contributed by atoms with Crippen molar-refractivity contribution in [2.24, 2.45) is 0 Å². The molecule has 0 saturated carbocycles. The van der Waals surface area contributed by atoms with E-state index in [1.807, 2.05) is 32.0 Å². The summed E-state index contributed by atoms with van der Waals surface area (Å²) >= 11 is 1.75. The molecule has 1 heterocycles. The van der Waals surface area contributed by atoms with Crippen molar-refractivity contribution in [3.63, 3.8) is 0 Å². The van der Waals surface area contributed by atoms with Crippen LogP contribution in [0.4, 0.5) is 0 Å². The smallest absolute Gasteiger partial charge is 0.360 e. The number of carbonyl (C=O) groups is 1. The molecule has 0 aliphatic heterocycles. The van der Waals surface area contributed by atoms with Crippen LogP contribution in [0.2, 0.25) is 0 Å². The summed E-state index contributed by atoms with van der Waals surface area (Å²) in [5, 5.41) is 8.05. The van der Waals surface area contributed by atoms with E-state index in [0.717, 1.165) is 11.4 Å².